The first-order chi connectivity index (χ1) is 7.00. The summed E-state index contributed by atoms with van der Waals surface area (Å²) in [4.78, 5) is 15.5. The van der Waals surface area contributed by atoms with Crippen molar-refractivity contribution in [2.45, 2.75) is 13.0 Å². The molecule has 1 aromatic heterocycles. The number of amides is 1. The molecule has 0 saturated heterocycles. The first-order valence-electron chi connectivity index (χ1n) is 4.28. The van der Waals surface area contributed by atoms with E-state index in [-0.39, 0.29) is 12.5 Å². The van der Waals surface area contributed by atoms with E-state index in [2.05, 4.69) is 42.2 Å². The van der Waals surface area contributed by atoms with Crippen LogP contribution in [-0.4, -0.2) is 28.6 Å². The fourth-order valence-electron chi connectivity index (χ4n) is 0.888. The molecule has 0 unspecified atom stereocenters. The number of carbonyl (C=O) groups excluding carboxylic acids is 1. The van der Waals surface area contributed by atoms with Crippen molar-refractivity contribution in [2.75, 3.05) is 6.54 Å². The van der Waals surface area contributed by atoms with Crippen molar-refractivity contribution in [3.63, 3.8) is 0 Å². The Morgan fingerprint density at radius 2 is 2.33 bits per heavy atom. The van der Waals surface area contributed by atoms with Gasteiger partial charge in [0.25, 0.3) is 5.91 Å². The minimum absolute atomic E-state index is 0.229. The largest absolute Gasteiger partial charge is 0.392 e. The Bertz CT molecular complexity index is 369. The average molecular weight is 338 g/mol. The third-order valence-electron chi connectivity index (χ3n) is 1.62. The van der Waals surface area contributed by atoms with E-state index in [0.717, 1.165) is 0 Å². The van der Waals surface area contributed by atoms with E-state index in [1.807, 2.05) is 0 Å². The molecule has 82 valence electrons. The molecular weight excluding hydrogens is 328 g/mol. The van der Waals surface area contributed by atoms with Crippen molar-refractivity contribution in [2.24, 2.45) is 0 Å². The zero-order chi connectivity index (χ0) is 11.4. The fraction of sp³-hybridized carbons (Fsp3) is 0.333. The molecule has 1 rings (SSSR count). The highest BCUT2D eigenvalue weighted by Crippen LogP contribution is 2.20. The SMILES string of the molecule is C[C@@H](O)CNC(=O)c1cnc(Br)c(Br)c1. The molecule has 0 radical (unpaired) electrons. The van der Waals surface area contributed by atoms with Gasteiger partial charge >= 0.3 is 0 Å². The molecule has 0 aromatic carbocycles. The summed E-state index contributed by atoms with van der Waals surface area (Å²) in [5.74, 6) is -0.253. The van der Waals surface area contributed by atoms with E-state index in [1.54, 1.807) is 13.0 Å². The first-order valence-corrected chi connectivity index (χ1v) is 5.86. The second-order valence-corrected chi connectivity index (χ2v) is 4.66. The number of aliphatic hydroxyl groups is 1. The van der Waals surface area contributed by atoms with Crippen LogP contribution in [0.2, 0.25) is 0 Å². The van der Waals surface area contributed by atoms with Gasteiger partial charge in [0, 0.05) is 12.7 Å². The van der Waals surface area contributed by atoms with E-state index in [0.29, 0.717) is 14.6 Å². The molecule has 4 nitrogen and oxygen atoms in total. The number of nitrogens with zero attached hydrogens (tertiary/aromatic N) is 1. The van der Waals surface area contributed by atoms with Crippen molar-refractivity contribution in [3.05, 3.63) is 26.9 Å². The normalized spacial score (nSPS) is 12.3. The molecule has 1 amide bonds. The number of hydrogen-bond donors (Lipinski definition) is 2. The predicted octanol–water partition coefficient (Wildman–Crippen LogP) is 1.72. The number of nitrogens with one attached hydrogen (secondary N) is 1. The van der Waals surface area contributed by atoms with E-state index >= 15 is 0 Å². The summed E-state index contributed by atoms with van der Waals surface area (Å²) in [6.45, 7) is 1.84. The van der Waals surface area contributed by atoms with Crippen molar-refractivity contribution in [1.29, 1.82) is 0 Å². The van der Waals surface area contributed by atoms with Crippen LogP contribution in [0.25, 0.3) is 0 Å². The highest BCUT2D eigenvalue weighted by molar-refractivity contribution is 9.13. The van der Waals surface area contributed by atoms with Gasteiger partial charge in [-0.15, -0.1) is 0 Å². The summed E-state index contributed by atoms with van der Waals surface area (Å²) in [6.07, 6.45) is 0.910. The van der Waals surface area contributed by atoms with Gasteiger partial charge in [0.2, 0.25) is 0 Å². The second-order valence-electron chi connectivity index (χ2n) is 3.06. The van der Waals surface area contributed by atoms with Gasteiger partial charge in [0.05, 0.1) is 16.1 Å². The molecule has 0 aliphatic rings. The van der Waals surface area contributed by atoms with Crippen LogP contribution in [0.1, 0.15) is 17.3 Å². The van der Waals surface area contributed by atoms with Gasteiger partial charge in [-0.05, 0) is 44.8 Å². The molecule has 0 fully saturated rings. The van der Waals surface area contributed by atoms with Crippen molar-refractivity contribution >= 4 is 37.8 Å². The van der Waals surface area contributed by atoms with Gasteiger partial charge in [-0.3, -0.25) is 4.79 Å². The van der Waals surface area contributed by atoms with E-state index in [1.165, 1.54) is 6.20 Å². The average Bonchev–Trinajstić information content (AvgIpc) is 2.18. The third kappa shape index (κ3) is 3.89. The monoisotopic (exact) mass is 336 g/mol. The third-order valence-corrected chi connectivity index (χ3v) is 3.38. The van der Waals surface area contributed by atoms with Crippen molar-refractivity contribution in [3.8, 4) is 0 Å². The van der Waals surface area contributed by atoms with Crippen LogP contribution in [0.3, 0.4) is 0 Å². The Balaban J connectivity index is 2.70. The number of carbonyl (C=O) groups is 1. The Kier molecular flexibility index (Phi) is 4.69. The van der Waals surface area contributed by atoms with Gasteiger partial charge in [-0.1, -0.05) is 0 Å². The van der Waals surface area contributed by atoms with Crippen LogP contribution >= 0.6 is 31.9 Å². The maximum atomic E-state index is 11.5. The molecule has 0 aliphatic carbocycles. The van der Waals surface area contributed by atoms with Crippen LogP contribution in [0, 0.1) is 0 Å². The summed E-state index contributed by atoms with van der Waals surface area (Å²) in [5, 5.41) is 11.6. The standard InChI is InChI=1S/C9H10Br2N2O2/c1-5(14)3-13-9(15)6-2-7(10)8(11)12-4-6/h2,4-5,14H,3H2,1H3,(H,13,15)/t5-/m1/s1. The number of halogens is 2. The lowest BCUT2D eigenvalue weighted by Gasteiger charge is -2.07. The van der Waals surface area contributed by atoms with E-state index in [9.17, 15) is 4.79 Å². The number of rotatable bonds is 3. The number of pyridine rings is 1. The summed E-state index contributed by atoms with van der Waals surface area (Å²) in [7, 11) is 0. The lowest BCUT2D eigenvalue weighted by atomic mass is 10.2. The summed E-state index contributed by atoms with van der Waals surface area (Å²) >= 11 is 6.47. The molecular formula is C9H10Br2N2O2. The molecule has 0 bridgehead atoms. The Morgan fingerprint density at radius 1 is 1.67 bits per heavy atom. The van der Waals surface area contributed by atoms with Crippen molar-refractivity contribution < 1.29 is 9.90 Å². The minimum atomic E-state index is -0.555. The first kappa shape index (κ1) is 12.6. The van der Waals surface area contributed by atoms with Crippen LogP contribution in [0.4, 0.5) is 0 Å². The Labute approximate surface area is 104 Å². The lowest BCUT2D eigenvalue weighted by molar-refractivity contribution is 0.0923. The summed E-state index contributed by atoms with van der Waals surface area (Å²) < 4.78 is 1.36. The van der Waals surface area contributed by atoms with Crippen LogP contribution in [0.5, 0.6) is 0 Å². The highest BCUT2D eigenvalue weighted by Gasteiger charge is 2.08. The fourth-order valence-corrected chi connectivity index (χ4v) is 1.45. The smallest absolute Gasteiger partial charge is 0.252 e. The molecule has 1 aromatic rings. The molecule has 6 heteroatoms. The Morgan fingerprint density at radius 3 is 2.87 bits per heavy atom. The number of hydrogen-bond acceptors (Lipinski definition) is 3. The predicted molar refractivity (Wildman–Crippen MR) is 63.7 cm³/mol. The quantitative estimate of drug-likeness (QED) is 0.825. The van der Waals surface area contributed by atoms with Crippen molar-refractivity contribution in [1.82, 2.24) is 10.3 Å². The molecule has 0 saturated carbocycles. The van der Waals surface area contributed by atoms with Crippen LogP contribution in [-0.2, 0) is 0 Å². The zero-order valence-electron chi connectivity index (χ0n) is 8.00. The van der Waals surface area contributed by atoms with Gasteiger partial charge in [-0.2, -0.15) is 0 Å². The minimum Gasteiger partial charge on any atom is -0.392 e. The molecule has 0 aliphatic heterocycles. The molecule has 0 spiro atoms. The zero-order valence-corrected chi connectivity index (χ0v) is 11.2. The van der Waals surface area contributed by atoms with E-state index in [4.69, 9.17) is 5.11 Å². The summed E-state index contributed by atoms with van der Waals surface area (Å²) in [6, 6.07) is 1.66. The lowest BCUT2D eigenvalue weighted by Crippen LogP contribution is -2.30. The molecule has 2 N–H and O–H groups in total. The topological polar surface area (TPSA) is 62.2 Å². The van der Waals surface area contributed by atoms with Crippen LogP contribution in [0.15, 0.2) is 21.3 Å². The maximum absolute atomic E-state index is 11.5. The van der Waals surface area contributed by atoms with Gasteiger partial charge < -0.3 is 10.4 Å². The molecule has 1 heterocycles. The Hall–Kier alpha value is -0.460. The summed E-state index contributed by atoms with van der Waals surface area (Å²) in [5.41, 5.74) is 0.450. The number of aromatic nitrogens is 1. The number of aliphatic hydroxyl groups excluding tert-OH is 1. The van der Waals surface area contributed by atoms with Crippen LogP contribution < -0.4 is 5.32 Å². The molecule has 15 heavy (non-hydrogen) atoms. The highest BCUT2D eigenvalue weighted by atomic mass is 79.9. The molecule has 1 atom stereocenters. The van der Waals surface area contributed by atoms with Gasteiger partial charge in [0.1, 0.15) is 4.60 Å². The van der Waals surface area contributed by atoms with Gasteiger partial charge in [-0.25, -0.2) is 4.98 Å². The maximum Gasteiger partial charge on any atom is 0.252 e. The second kappa shape index (κ2) is 5.58. The van der Waals surface area contributed by atoms with E-state index < -0.39 is 6.10 Å². The van der Waals surface area contributed by atoms with Gasteiger partial charge in [0.15, 0.2) is 0 Å².